The second kappa shape index (κ2) is 7.69. The molecular weight excluding hydrogens is 430 g/mol. The molecule has 0 saturated heterocycles. The van der Waals surface area contributed by atoms with Crippen molar-refractivity contribution in [3.63, 3.8) is 0 Å². The average molecular weight is 448 g/mol. The number of hydrogen-bond donors (Lipinski definition) is 1. The number of fused-ring (bicyclic) bond motifs is 3. The van der Waals surface area contributed by atoms with Crippen LogP contribution in [0, 0.1) is 17.0 Å². The number of nitrogens with one attached hydrogen (secondary N) is 1. The summed E-state index contributed by atoms with van der Waals surface area (Å²) in [4.78, 5) is 26.8. The summed E-state index contributed by atoms with van der Waals surface area (Å²) in [5.74, 6) is 0.177. The molecule has 8 heteroatoms. The molecule has 0 amide bonds. The van der Waals surface area contributed by atoms with E-state index in [1.807, 2.05) is 30.3 Å². The zero-order valence-corrected chi connectivity index (χ0v) is 17.8. The fraction of sp³-hybridized carbons (Fsp3) is 0.125. The standard InChI is InChI=1S/C24H18ClN3O4/c1-14-17(25)10-11-20-21(14)23(29)16-12-26-18-8-5-9-19(28(30)31)22(18)27(24(16)32-20)13-15-6-3-2-4-7-15/h2-12,24,26H,13H2,1H3. The fourth-order valence-corrected chi connectivity index (χ4v) is 4.32. The molecule has 5 rings (SSSR count). The summed E-state index contributed by atoms with van der Waals surface area (Å²) in [6.45, 7) is 2.08. The number of nitro groups is 1. The number of rotatable bonds is 3. The van der Waals surface area contributed by atoms with E-state index in [0.717, 1.165) is 5.56 Å². The molecule has 0 radical (unpaired) electrons. The van der Waals surface area contributed by atoms with Crippen molar-refractivity contribution in [2.45, 2.75) is 19.7 Å². The summed E-state index contributed by atoms with van der Waals surface area (Å²) in [5.41, 5.74) is 3.12. The fourth-order valence-electron chi connectivity index (χ4n) is 4.16. The highest BCUT2D eigenvalue weighted by Crippen LogP contribution is 2.44. The minimum Gasteiger partial charge on any atom is -0.465 e. The lowest BCUT2D eigenvalue weighted by atomic mass is 9.94. The van der Waals surface area contributed by atoms with Crippen LogP contribution in [0.1, 0.15) is 21.5 Å². The Bertz CT molecular complexity index is 1290. The number of hydrogen-bond acceptors (Lipinski definition) is 6. The van der Waals surface area contributed by atoms with Crippen LogP contribution in [0.15, 0.2) is 72.4 Å². The predicted molar refractivity (Wildman–Crippen MR) is 122 cm³/mol. The van der Waals surface area contributed by atoms with Crippen LogP contribution >= 0.6 is 11.6 Å². The maximum absolute atomic E-state index is 13.5. The molecule has 1 atom stereocenters. The lowest BCUT2D eigenvalue weighted by Crippen LogP contribution is -2.45. The molecule has 32 heavy (non-hydrogen) atoms. The third-order valence-corrected chi connectivity index (χ3v) is 6.12. The van der Waals surface area contributed by atoms with E-state index in [9.17, 15) is 14.9 Å². The van der Waals surface area contributed by atoms with Crippen molar-refractivity contribution in [3.05, 3.63) is 104 Å². The summed E-state index contributed by atoms with van der Waals surface area (Å²) >= 11 is 6.25. The molecule has 0 spiro atoms. The van der Waals surface area contributed by atoms with Gasteiger partial charge in [0.15, 0.2) is 5.78 Å². The minimum absolute atomic E-state index is 0.0743. The van der Waals surface area contributed by atoms with Crippen LogP contribution in [-0.4, -0.2) is 16.9 Å². The molecule has 0 aromatic heterocycles. The Balaban J connectivity index is 1.71. The van der Waals surface area contributed by atoms with Gasteiger partial charge in [-0.1, -0.05) is 48.0 Å². The van der Waals surface area contributed by atoms with Gasteiger partial charge in [-0.2, -0.15) is 0 Å². The Morgan fingerprint density at radius 3 is 2.66 bits per heavy atom. The van der Waals surface area contributed by atoms with Crippen molar-refractivity contribution in [3.8, 4) is 5.75 Å². The maximum Gasteiger partial charge on any atom is 0.294 e. The summed E-state index contributed by atoms with van der Waals surface area (Å²) in [5, 5.41) is 15.5. The summed E-state index contributed by atoms with van der Waals surface area (Å²) in [6.07, 6.45) is 0.717. The number of nitrogens with zero attached hydrogens (tertiary/aromatic N) is 2. The number of halogens is 1. The largest absolute Gasteiger partial charge is 0.465 e. The first-order chi connectivity index (χ1) is 15.5. The van der Waals surface area contributed by atoms with Gasteiger partial charge in [-0.15, -0.1) is 0 Å². The molecule has 0 saturated carbocycles. The molecule has 1 N–H and O–H groups in total. The van der Waals surface area contributed by atoms with E-state index in [4.69, 9.17) is 16.3 Å². The SMILES string of the molecule is Cc1c(Cl)ccc2c1C(=O)C1=CNc3cccc([N+](=O)[O-])c3N(Cc3ccccc3)C1O2. The number of carbonyl (C=O) groups excluding carboxylic acids is 1. The Morgan fingerprint density at radius 1 is 1.12 bits per heavy atom. The van der Waals surface area contributed by atoms with Gasteiger partial charge in [-0.25, -0.2) is 0 Å². The number of Topliss-reactive ketones (excluding diaryl/α,β-unsaturated/α-hetero) is 1. The normalized spacial score (nSPS) is 16.6. The Kier molecular flexibility index (Phi) is 4.83. The van der Waals surface area contributed by atoms with Crippen LogP contribution < -0.4 is 15.0 Å². The third kappa shape index (κ3) is 3.18. The molecule has 3 aromatic rings. The lowest BCUT2D eigenvalue weighted by molar-refractivity contribution is -0.384. The zero-order valence-electron chi connectivity index (χ0n) is 17.0. The van der Waals surface area contributed by atoms with Gasteiger partial charge in [-0.3, -0.25) is 14.9 Å². The van der Waals surface area contributed by atoms with E-state index >= 15 is 0 Å². The molecule has 7 nitrogen and oxygen atoms in total. The van der Waals surface area contributed by atoms with E-state index in [1.165, 1.54) is 6.07 Å². The molecule has 2 heterocycles. The Morgan fingerprint density at radius 2 is 1.91 bits per heavy atom. The first kappa shape index (κ1) is 20.1. The number of anilines is 2. The van der Waals surface area contributed by atoms with E-state index in [0.29, 0.717) is 45.4 Å². The molecule has 1 unspecified atom stereocenters. The van der Waals surface area contributed by atoms with Gasteiger partial charge in [0.1, 0.15) is 11.4 Å². The van der Waals surface area contributed by atoms with Gasteiger partial charge in [0.05, 0.1) is 21.7 Å². The highest BCUT2D eigenvalue weighted by Gasteiger charge is 2.41. The van der Waals surface area contributed by atoms with Gasteiger partial charge in [0.25, 0.3) is 5.69 Å². The second-order valence-corrected chi connectivity index (χ2v) is 8.04. The van der Waals surface area contributed by atoms with Crippen LogP contribution in [0.2, 0.25) is 5.02 Å². The number of benzene rings is 3. The molecule has 2 aliphatic heterocycles. The van der Waals surface area contributed by atoms with Crippen molar-refractivity contribution in [2.75, 3.05) is 10.2 Å². The van der Waals surface area contributed by atoms with Crippen molar-refractivity contribution in [2.24, 2.45) is 0 Å². The smallest absolute Gasteiger partial charge is 0.294 e. The van der Waals surface area contributed by atoms with Crippen molar-refractivity contribution in [1.29, 1.82) is 0 Å². The van der Waals surface area contributed by atoms with Crippen molar-refractivity contribution in [1.82, 2.24) is 0 Å². The van der Waals surface area contributed by atoms with E-state index in [2.05, 4.69) is 5.32 Å². The summed E-state index contributed by atoms with van der Waals surface area (Å²) in [6, 6.07) is 17.7. The van der Waals surface area contributed by atoms with E-state index in [1.54, 1.807) is 42.3 Å². The number of para-hydroxylation sites is 1. The van der Waals surface area contributed by atoms with Gasteiger partial charge in [0, 0.05) is 23.8 Å². The Labute approximate surface area is 189 Å². The van der Waals surface area contributed by atoms with Gasteiger partial charge in [-0.05, 0) is 36.2 Å². The second-order valence-electron chi connectivity index (χ2n) is 7.63. The number of ether oxygens (including phenoxy) is 1. The minimum atomic E-state index is -0.856. The predicted octanol–water partition coefficient (Wildman–Crippen LogP) is 5.47. The summed E-state index contributed by atoms with van der Waals surface area (Å²) in [7, 11) is 0. The molecule has 0 aliphatic carbocycles. The van der Waals surface area contributed by atoms with E-state index < -0.39 is 11.2 Å². The number of nitro benzene ring substituents is 1. The molecule has 2 aliphatic rings. The highest BCUT2D eigenvalue weighted by molar-refractivity contribution is 6.32. The quantitative estimate of drug-likeness (QED) is 0.423. The average Bonchev–Trinajstić information content (AvgIpc) is 2.94. The van der Waals surface area contributed by atoms with Crippen LogP contribution in [0.4, 0.5) is 17.1 Å². The highest BCUT2D eigenvalue weighted by atomic mass is 35.5. The topological polar surface area (TPSA) is 84.7 Å². The molecule has 160 valence electrons. The number of ketones is 1. The van der Waals surface area contributed by atoms with Crippen LogP contribution in [0.25, 0.3) is 0 Å². The third-order valence-electron chi connectivity index (χ3n) is 5.72. The van der Waals surface area contributed by atoms with Crippen LogP contribution in [0.3, 0.4) is 0 Å². The zero-order chi connectivity index (χ0) is 22.4. The molecule has 0 bridgehead atoms. The van der Waals surface area contributed by atoms with Gasteiger partial charge < -0.3 is 15.0 Å². The monoisotopic (exact) mass is 447 g/mol. The Hall–Kier alpha value is -3.84. The van der Waals surface area contributed by atoms with Gasteiger partial charge >= 0.3 is 0 Å². The van der Waals surface area contributed by atoms with Crippen molar-refractivity contribution >= 4 is 34.4 Å². The van der Waals surface area contributed by atoms with Crippen LogP contribution in [0.5, 0.6) is 5.75 Å². The molecular formula is C24H18ClN3O4. The van der Waals surface area contributed by atoms with Gasteiger partial charge in [0.2, 0.25) is 6.23 Å². The lowest BCUT2D eigenvalue weighted by Gasteiger charge is -2.37. The van der Waals surface area contributed by atoms with E-state index in [-0.39, 0.29) is 11.5 Å². The number of carbonyl (C=O) groups is 1. The summed E-state index contributed by atoms with van der Waals surface area (Å²) < 4.78 is 6.31. The maximum atomic E-state index is 13.5. The first-order valence-corrected chi connectivity index (χ1v) is 10.4. The van der Waals surface area contributed by atoms with Crippen molar-refractivity contribution < 1.29 is 14.5 Å². The van der Waals surface area contributed by atoms with Crippen LogP contribution in [-0.2, 0) is 6.54 Å². The molecule has 0 fully saturated rings. The first-order valence-electron chi connectivity index (χ1n) is 10.0. The molecule has 3 aromatic carbocycles.